The van der Waals surface area contributed by atoms with Gasteiger partial charge in [-0.25, -0.2) is 4.99 Å². The molecule has 7 nitrogen and oxygen atoms in total. The molecular formula is C19H30N4O3. The number of hydrogen-bond acceptors (Lipinski definition) is 4. The highest BCUT2D eigenvalue weighted by molar-refractivity contribution is 5.93. The number of ether oxygens (including phenoxy) is 2. The van der Waals surface area contributed by atoms with Crippen LogP contribution in [0.4, 0.5) is 0 Å². The Kier molecular flexibility index (Phi) is 8.92. The lowest BCUT2D eigenvalue weighted by Crippen LogP contribution is -2.38. The average Bonchev–Trinajstić information content (AvgIpc) is 3.19. The van der Waals surface area contributed by atoms with E-state index in [1.807, 2.05) is 31.2 Å². The first-order chi connectivity index (χ1) is 12.7. The number of nitrogens with one attached hydrogen (secondary N) is 3. The van der Waals surface area contributed by atoms with Gasteiger partial charge in [-0.05, 0) is 37.5 Å². The molecule has 1 unspecified atom stereocenters. The molecule has 1 heterocycles. The van der Waals surface area contributed by atoms with Crippen molar-refractivity contribution >= 4 is 11.9 Å². The molecule has 0 radical (unpaired) electrons. The first-order valence-corrected chi connectivity index (χ1v) is 9.25. The van der Waals surface area contributed by atoms with E-state index < -0.39 is 0 Å². The number of benzene rings is 1. The third-order valence-electron chi connectivity index (χ3n) is 4.06. The summed E-state index contributed by atoms with van der Waals surface area (Å²) in [7, 11) is 1.63. The summed E-state index contributed by atoms with van der Waals surface area (Å²) in [5.41, 5.74) is 1.71. The van der Waals surface area contributed by atoms with E-state index in [-0.39, 0.29) is 12.0 Å². The highest BCUT2D eigenvalue weighted by Crippen LogP contribution is 2.08. The lowest BCUT2D eigenvalue weighted by Gasteiger charge is -2.13. The molecule has 1 aliphatic rings. The molecule has 1 amide bonds. The van der Waals surface area contributed by atoms with Crippen molar-refractivity contribution in [2.45, 2.75) is 32.4 Å². The number of rotatable bonds is 9. The monoisotopic (exact) mass is 362 g/mol. The Balaban J connectivity index is 1.73. The van der Waals surface area contributed by atoms with Gasteiger partial charge in [-0.15, -0.1) is 0 Å². The van der Waals surface area contributed by atoms with Crippen LogP contribution in [0.1, 0.15) is 35.7 Å². The number of aliphatic imine (C=N–C) groups is 1. The van der Waals surface area contributed by atoms with Gasteiger partial charge in [0.25, 0.3) is 5.91 Å². The Morgan fingerprint density at radius 3 is 2.77 bits per heavy atom. The van der Waals surface area contributed by atoms with Crippen LogP contribution < -0.4 is 16.0 Å². The molecular weight excluding hydrogens is 332 g/mol. The predicted molar refractivity (Wildman–Crippen MR) is 102 cm³/mol. The highest BCUT2D eigenvalue weighted by Gasteiger charge is 2.15. The van der Waals surface area contributed by atoms with Gasteiger partial charge < -0.3 is 25.4 Å². The number of carbonyl (C=O) groups excluding carboxylic acids is 1. The van der Waals surface area contributed by atoms with Crippen LogP contribution in [0.5, 0.6) is 0 Å². The van der Waals surface area contributed by atoms with Crippen LogP contribution in [0.2, 0.25) is 0 Å². The zero-order valence-electron chi connectivity index (χ0n) is 15.7. The molecule has 1 fully saturated rings. The van der Waals surface area contributed by atoms with Crippen LogP contribution in [0.15, 0.2) is 29.3 Å². The van der Waals surface area contributed by atoms with E-state index in [2.05, 4.69) is 20.9 Å². The molecule has 0 aromatic heterocycles. The number of amides is 1. The molecule has 144 valence electrons. The number of hydrogen-bond donors (Lipinski definition) is 3. The summed E-state index contributed by atoms with van der Waals surface area (Å²) < 4.78 is 11.0. The highest BCUT2D eigenvalue weighted by atomic mass is 16.5. The van der Waals surface area contributed by atoms with Gasteiger partial charge in [0.15, 0.2) is 5.96 Å². The van der Waals surface area contributed by atoms with Crippen LogP contribution in [-0.2, 0) is 16.0 Å². The molecule has 1 atom stereocenters. The maximum Gasteiger partial charge on any atom is 0.251 e. The minimum atomic E-state index is -0.0820. The van der Waals surface area contributed by atoms with Gasteiger partial charge in [0.05, 0.1) is 19.3 Å². The normalized spacial score (nSPS) is 17.2. The van der Waals surface area contributed by atoms with Gasteiger partial charge in [-0.2, -0.15) is 0 Å². The largest absolute Gasteiger partial charge is 0.379 e. The van der Waals surface area contributed by atoms with Gasteiger partial charge in [0, 0.05) is 38.9 Å². The van der Waals surface area contributed by atoms with Crippen molar-refractivity contribution in [3.8, 4) is 0 Å². The molecule has 1 saturated heterocycles. The fraction of sp³-hybridized carbons (Fsp3) is 0.579. The Labute approximate surface area is 155 Å². The lowest BCUT2D eigenvalue weighted by molar-refractivity contribution is 0.0420. The zero-order valence-corrected chi connectivity index (χ0v) is 15.7. The van der Waals surface area contributed by atoms with Crippen LogP contribution in [-0.4, -0.2) is 57.9 Å². The van der Waals surface area contributed by atoms with Gasteiger partial charge in [0.2, 0.25) is 0 Å². The Morgan fingerprint density at radius 2 is 2.12 bits per heavy atom. The van der Waals surface area contributed by atoms with Gasteiger partial charge in [-0.3, -0.25) is 4.79 Å². The summed E-state index contributed by atoms with van der Waals surface area (Å²) in [6.07, 6.45) is 2.17. The second-order valence-corrected chi connectivity index (χ2v) is 6.11. The van der Waals surface area contributed by atoms with Gasteiger partial charge in [-0.1, -0.05) is 12.1 Å². The van der Waals surface area contributed by atoms with Crippen molar-refractivity contribution < 1.29 is 14.3 Å². The van der Waals surface area contributed by atoms with E-state index in [0.717, 1.165) is 57.3 Å². The Bertz CT molecular complexity index is 569. The molecule has 1 aliphatic heterocycles. The van der Waals surface area contributed by atoms with E-state index in [1.165, 1.54) is 0 Å². The Hall–Kier alpha value is -2.12. The van der Waals surface area contributed by atoms with Crippen molar-refractivity contribution in [1.82, 2.24) is 16.0 Å². The molecule has 1 aromatic rings. The fourth-order valence-corrected chi connectivity index (χ4v) is 2.59. The van der Waals surface area contributed by atoms with Gasteiger partial charge >= 0.3 is 0 Å². The van der Waals surface area contributed by atoms with E-state index in [1.54, 1.807) is 7.05 Å². The molecule has 3 N–H and O–H groups in total. The number of carbonyl (C=O) groups is 1. The number of nitrogens with zero attached hydrogens (tertiary/aromatic N) is 1. The summed E-state index contributed by atoms with van der Waals surface area (Å²) in [6, 6.07) is 7.48. The van der Waals surface area contributed by atoms with Crippen molar-refractivity contribution in [2.75, 3.05) is 40.0 Å². The minimum Gasteiger partial charge on any atom is -0.379 e. The standard InChI is InChI=1S/C19H30N4O3/c1-3-21-19(22-10-4-11-26-17-9-12-25-14-17)23-13-15-5-7-16(8-6-15)18(24)20-2/h5-8,17H,3-4,9-14H2,1-2H3,(H,20,24)(H2,21,22,23). The average molecular weight is 362 g/mol. The van der Waals surface area contributed by atoms with Crippen LogP contribution in [0, 0.1) is 0 Å². The molecule has 0 saturated carbocycles. The molecule has 26 heavy (non-hydrogen) atoms. The molecule has 2 rings (SSSR count). The third kappa shape index (κ3) is 7.01. The van der Waals surface area contributed by atoms with Gasteiger partial charge in [0.1, 0.15) is 0 Å². The van der Waals surface area contributed by atoms with E-state index >= 15 is 0 Å². The first-order valence-electron chi connectivity index (χ1n) is 9.25. The molecule has 0 bridgehead atoms. The lowest BCUT2D eigenvalue weighted by atomic mass is 10.1. The quantitative estimate of drug-likeness (QED) is 0.350. The minimum absolute atomic E-state index is 0.0820. The second kappa shape index (κ2) is 11.5. The zero-order chi connectivity index (χ0) is 18.6. The molecule has 0 aliphatic carbocycles. The topological polar surface area (TPSA) is 84.0 Å². The predicted octanol–water partition coefficient (Wildman–Crippen LogP) is 1.30. The van der Waals surface area contributed by atoms with Crippen LogP contribution >= 0.6 is 0 Å². The molecule has 7 heteroatoms. The van der Waals surface area contributed by atoms with E-state index in [0.29, 0.717) is 12.1 Å². The van der Waals surface area contributed by atoms with Crippen molar-refractivity contribution in [2.24, 2.45) is 4.99 Å². The van der Waals surface area contributed by atoms with E-state index in [4.69, 9.17) is 9.47 Å². The summed E-state index contributed by atoms with van der Waals surface area (Å²) >= 11 is 0. The third-order valence-corrected chi connectivity index (χ3v) is 4.06. The first kappa shape index (κ1) is 20.2. The SMILES string of the molecule is CCNC(=NCc1ccc(C(=O)NC)cc1)NCCCOC1CCOC1. The molecule has 0 spiro atoms. The van der Waals surface area contributed by atoms with E-state index in [9.17, 15) is 4.79 Å². The van der Waals surface area contributed by atoms with Crippen molar-refractivity contribution in [1.29, 1.82) is 0 Å². The maximum atomic E-state index is 11.6. The number of guanidine groups is 1. The smallest absolute Gasteiger partial charge is 0.251 e. The van der Waals surface area contributed by atoms with Crippen LogP contribution in [0.3, 0.4) is 0 Å². The summed E-state index contributed by atoms with van der Waals surface area (Å²) in [4.78, 5) is 16.1. The fourth-order valence-electron chi connectivity index (χ4n) is 2.59. The van der Waals surface area contributed by atoms with Crippen LogP contribution in [0.25, 0.3) is 0 Å². The van der Waals surface area contributed by atoms with Crippen molar-refractivity contribution in [3.63, 3.8) is 0 Å². The summed E-state index contributed by atoms with van der Waals surface area (Å²) in [6.45, 7) is 6.45. The Morgan fingerprint density at radius 1 is 1.31 bits per heavy atom. The summed E-state index contributed by atoms with van der Waals surface area (Å²) in [5, 5.41) is 9.17. The van der Waals surface area contributed by atoms with Crippen molar-refractivity contribution in [3.05, 3.63) is 35.4 Å². The maximum absolute atomic E-state index is 11.6. The molecule has 1 aromatic carbocycles. The second-order valence-electron chi connectivity index (χ2n) is 6.11. The summed E-state index contributed by atoms with van der Waals surface area (Å²) in [5.74, 6) is 0.702.